The number of unbranched alkanes of at least 4 members (excludes halogenated alkanes) is 1. The van der Waals surface area contributed by atoms with Gasteiger partial charge in [-0.1, -0.05) is 34.1 Å². The number of benzene rings is 1. The Morgan fingerprint density at radius 1 is 1.07 bits per heavy atom. The van der Waals surface area contributed by atoms with Crippen molar-refractivity contribution in [2.45, 2.75) is 19.4 Å². The molecule has 0 saturated carbocycles. The van der Waals surface area contributed by atoms with Gasteiger partial charge in [-0.15, -0.1) is 0 Å². The van der Waals surface area contributed by atoms with E-state index in [1.807, 2.05) is 0 Å². The Hall–Kier alpha value is -0.760. The van der Waals surface area contributed by atoms with E-state index in [1.54, 1.807) is 0 Å². The van der Waals surface area contributed by atoms with E-state index in [-0.39, 0.29) is 0 Å². The van der Waals surface area contributed by atoms with Crippen LogP contribution < -0.4 is 0 Å². The van der Waals surface area contributed by atoms with Crippen molar-refractivity contribution in [2.24, 2.45) is 0 Å². The van der Waals surface area contributed by atoms with Crippen molar-refractivity contribution in [1.29, 1.82) is 0 Å². The first-order chi connectivity index (χ1) is 6.92. The molecule has 2 aromatic rings. The fourth-order valence-electron chi connectivity index (χ4n) is 1.71. The van der Waals surface area contributed by atoms with E-state index in [0.717, 1.165) is 11.9 Å². The molecule has 0 fully saturated rings. The predicted molar refractivity (Wildman–Crippen MR) is 65.0 cm³/mol. The summed E-state index contributed by atoms with van der Waals surface area (Å²) in [6.45, 7) is 1.12. The van der Waals surface area contributed by atoms with E-state index >= 15 is 0 Å². The third-order valence-electron chi connectivity index (χ3n) is 2.46. The molecule has 1 aromatic heterocycles. The van der Waals surface area contributed by atoms with Crippen LogP contribution in [0.2, 0.25) is 0 Å². The van der Waals surface area contributed by atoms with Gasteiger partial charge in [0.15, 0.2) is 0 Å². The Bertz CT molecular complexity index is 405. The van der Waals surface area contributed by atoms with Crippen LogP contribution in [0.25, 0.3) is 10.9 Å². The van der Waals surface area contributed by atoms with E-state index in [1.165, 1.54) is 23.7 Å². The highest BCUT2D eigenvalue weighted by molar-refractivity contribution is 9.09. The summed E-state index contributed by atoms with van der Waals surface area (Å²) < 4.78 is 2.33. The molecule has 74 valence electrons. The molecule has 0 aliphatic heterocycles. The standard InChI is InChI=1S/C12H14BrN/c13-8-3-4-9-14-10-7-11-5-1-2-6-12(11)14/h1-2,5-7,10H,3-4,8-9H2. The van der Waals surface area contributed by atoms with Crippen LogP contribution in [0.15, 0.2) is 36.5 Å². The van der Waals surface area contributed by atoms with Gasteiger partial charge >= 0.3 is 0 Å². The molecule has 14 heavy (non-hydrogen) atoms. The van der Waals surface area contributed by atoms with Crippen LogP contribution in [-0.4, -0.2) is 9.90 Å². The van der Waals surface area contributed by atoms with Crippen LogP contribution in [0.4, 0.5) is 0 Å². The summed E-state index contributed by atoms with van der Waals surface area (Å²) in [4.78, 5) is 0. The van der Waals surface area contributed by atoms with E-state index in [2.05, 4.69) is 57.0 Å². The van der Waals surface area contributed by atoms with Gasteiger partial charge < -0.3 is 4.57 Å². The molecular weight excluding hydrogens is 238 g/mol. The van der Waals surface area contributed by atoms with Crippen molar-refractivity contribution in [3.8, 4) is 0 Å². The van der Waals surface area contributed by atoms with Gasteiger partial charge in [-0.05, 0) is 30.4 Å². The molecule has 0 amide bonds. The second-order valence-electron chi connectivity index (χ2n) is 3.46. The molecular formula is C12H14BrN. The zero-order chi connectivity index (χ0) is 9.80. The monoisotopic (exact) mass is 251 g/mol. The second-order valence-corrected chi connectivity index (χ2v) is 4.26. The molecule has 2 heteroatoms. The number of para-hydroxylation sites is 1. The average Bonchev–Trinajstić information content (AvgIpc) is 2.63. The van der Waals surface area contributed by atoms with Crippen molar-refractivity contribution in [2.75, 3.05) is 5.33 Å². The maximum absolute atomic E-state index is 3.45. The highest BCUT2D eigenvalue weighted by Gasteiger charge is 1.98. The summed E-state index contributed by atoms with van der Waals surface area (Å²) in [6.07, 6.45) is 4.66. The maximum atomic E-state index is 3.45. The largest absolute Gasteiger partial charge is 0.347 e. The van der Waals surface area contributed by atoms with Crippen molar-refractivity contribution in [3.05, 3.63) is 36.5 Å². The zero-order valence-electron chi connectivity index (χ0n) is 8.12. The number of alkyl halides is 1. The molecule has 0 saturated heterocycles. The van der Waals surface area contributed by atoms with Crippen LogP contribution in [0, 0.1) is 0 Å². The quantitative estimate of drug-likeness (QED) is 0.576. The number of aryl methyl sites for hydroxylation is 1. The lowest BCUT2D eigenvalue weighted by atomic mass is 10.2. The van der Waals surface area contributed by atoms with Gasteiger partial charge in [-0.3, -0.25) is 0 Å². The molecule has 0 unspecified atom stereocenters. The summed E-state index contributed by atoms with van der Waals surface area (Å²) in [5.41, 5.74) is 1.35. The Morgan fingerprint density at radius 3 is 2.79 bits per heavy atom. The number of fused-ring (bicyclic) bond motifs is 1. The lowest BCUT2D eigenvalue weighted by molar-refractivity contribution is 0.655. The number of aromatic nitrogens is 1. The molecule has 0 bridgehead atoms. The van der Waals surface area contributed by atoms with Crippen LogP contribution in [0.5, 0.6) is 0 Å². The highest BCUT2D eigenvalue weighted by Crippen LogP contribution is 2.15. The van der Waals surface area contributed by atoms with Gasteiger partial charge in [-0.2, -0.15) is 0 Å². The van der Waals surface area contributed by atoms with Crippen LogP contribution in [0.3, 0.4) is 0 Å². The van der Waals surface area contributed by atoms with Gasteiger partial charge in [0.2, 0.25) is 0 Å². The van der Waals surface area contributed by atoms with E-state index < -0.39 is 0 Å². The number of halogens is 1. The molecule has 0 radical (unpaired) electrons. The lowest BCUT2D eigenvalue weighted by Gasteiger charge is -2.03. The van der Waals surface area contributed by atoms with Gasteiger partial charge in [0, 0.05) is 23.6 Å². The van der Waals surface area contributed by atoms with Crippen molar-refractivity contribution >= 4 is 26.8 Å². The first-order valence-electron chi connectivity index (χ1n) is 5.01. The Labute approximate surface area is 92.9 Å². The summed E-state index contributed by atoms with van der Waals surface area (Å²) in [5, 5.41) is 2.44. The molecule has 1 nitrogen and oxygen atoms in total. The van der Waals surface area contributed by atoms with Crippen molar-refractivity contribution in [1.82, 2.24) is 4.57 Å². The fourth-order valence-corrected chi connectivity index (χ4v) is 2.11. The molecule has 0 N–H and O–H groups in total. The predicted octanol–water partition coefficient (Wildman–Crippen LogP) is 3.82. The number of nitrogens with zero attached hydrogens (tertiary/aromatic N) is 1. The Morgan fingerprint density at radius 2 is 1.93 bits per heavy atom. The van der Waals surface area contributed by atoms with Crippen LogP contribution in [-0.2, 0) is 6.54 Å². The van der Waals surface area contributed by atoms with E-state index in [0.29, 0.717) is 0 Å². The summed E-state index contributed by atoms with van der Waals surface area (Å²) in [7, 11) is 0. The normalized spacial score (nSPS) is 10.9. The summed E-state index contributed by atoms with van der Waals surface area (Å²) in [5.74, 6) is 0. The van der Waals surface area contributed by atoms with Crippen LogP contribution >= 0.6 is 15.9 Å². The molecule has 0 atom stereocenters. The molecule has 1 aromatic carbocycles. The average molecular weight is 252 g/mol. The van der Waals surface area contributed by atoms with E-state index in [9.17, 15) is 0 Å². The van der Waals surface area contributed by atoms with E-state index in [4.69, 9.17) is 0 Å². The second kappa shape index (κ2) is 4.65. The third-order valence-corrected chi connectivity index (χ3v) is 3.02. The number of rotatable bonds is 4. The minimum Gasteiger partial charge on any atom is -0.347 e. The minimum atomic E-state index is 1.10. The Kier molecular flexibility index (Phi) is 3.25. The molecule has 2 rings (SSSR count). The van der Waals surface area contributed by atoms with Gasteiger partial charge in [0.25, 0.3) is 0 Å². The lowest BCUT2D eigenvalue weighted by Crippen LogP contribution is -1.95. The topological polar surface area (TPSA) is 4.93 Å². The molecule has 0 aliphatic carbocycles. The molecule has 1 heterocycles. The first kappa shape index (κ1) is 9.78. The summed E-state index contributed by atoms with van der Waals surface area (Å²) in [6, 6.07) is 10.7. The van der Waals surface area contributed by atoms with Gasteiger partial charge in [-0.25, -0.2) is 0 Å². The zero-order valence-corrected chi connectivity index (χ0v) is 9.70. The van der Waals surface area contributed by atoms with Crippen LogP contribution in [0.1, 0.15) is 12.8 Å². The number of hydrogen-bond donors (Lipinski definition) is 0. The van der Waals surface area contributed by atoms with Gasteiger partial charge in [0.1, 0.15) is 0 Å². The molecule has 0 spiro atoms. The minimum absolute atomic E-state index is 1.10. The maximum Gasteiger partial charge on any atom is 0.0480 e. The Balaban J connectivity index is 2.17. The van der Waals surface area contributed by atoms with Crippen molar-refractivity contribution in [3.63, 3.8) is 0 Å². The SMILES string of the molecule is BrCCCCn1ccc2ccccc21. The fraction of sp³-hybridized carbons (Fsp3) is 0.333. The molecule has 0 aliphatic rings. The number of hydrogen-bond acceptors (Lipinski definition) is 0. The van der Waals surface area contributed by atoms with Gasteiger partial charge in [0.05, 0.1) is 0 Å². The smallest absolute Gasteiger partial charge is 0.0480 e. The highest BCUT2D eigenvalue weighted by atomic mass is 79.9. The first-order valence-corrected chi connectivity index (χ1v) is 6.14. The summed E-state index contributed by atoms with van der Waals surface area (Å²) >= 11 is 3.45. The van der Waals surface area contributed by atoms with Crippen molar-refractivity contribution < 1.29 is 0 Å². The third kappa shape index (κ3) is 2.01.